The fourth-order valence-electron chi connectivity index (χ4n) is 3.51. The molecule has 0 amide bonds. The predicted octanol–water partition coefficient (Wildman–Crippen LogP) is 3.30. The maximum atomic E-state index is 3.73. The van der Waals surface area contributed by atoms with E-state index in [0.717, 1.165) is 18.1 Å². The van der Waals surface area contributed by atoms with Crippen molar-refractivity contribution in [1.29, 1.82) is 0 Å². The van der Waals surface area contributed by atoms with Crippen LogP contribution in [0.15, 0.2) is 29.2 Å². The van der Waals surface area contributed by atoms with E-state index < -0.39 is 0 Å². The summed E-state index contributed by atoms with van der Waals surface area (Å²) in [6, 6.07) is 11.3. The molecule has 20 heavy (non-hydrogen) atoms. The second-order valence-electron chi connectivity index (χ2n) is 6.41. The molecule has 1 aromatic carbocycles. The van der Waals surface area contributed by atoms with E-state index in [1.54, 1.807) is 0 Å². The largest absolute Gasteiger partial charge is 0.311 e. The van der Waals surface area contributed by atoms with Gasteiger partial charge in [0.15, 0.2) is 0 Å². The van der Waals surface area contributed by atoms with Crippen molar-refractivity contribution in [2.75, 3.05) is 19.3 Å². The van der Waals surface area contributed by atoms with Crippen molar-refractivity contribution in [3.8, 4) is 0 Å². The highest BCUT2D eigenvalue weighted by atomic mass is 32.2. The Labute approximate surface area is 127 Å². The molecule has 2 nitrogen and oxygen atoms in total. The SMILES string of the molecule is Cc1ccc(SCCN(C)C2CC3CCC(C2)N3)cc1. The fraction of sp³-hybridized carbons (Fsp3) is 0.647. The lowest BCUT2D eigenvalue weighted by Crippen LogP contribution is -2.47. The summed E-state index contributed by atoms with van der Waals surface area (Å²) in [6.07, 6.45) is 5.49. The topological polar surface area (TPSA) is 15.3 Å². The van der Waals surface area contributed by atoms with Gasteiger partial charge in [-0.15, -0.1) is 11.8 Å². The highest BCUT2D eigenvalue weighted by Crippen LogP contribution is 2.29. The Hall–Kier alpha value is -0.510. The van der Waals surface area contributed by atoms with Gasteiger partial charge in [-0.1, -0.05) is 17.7 Å². The standard InChI is InChI=1S/C17H26N2S/c1-13-3-7-17(8-4-13)20-10-9-19(2)16-11-14-5-6-15(12-16)18-14/h3-4,7-8,14-16,18H,5-6,9-12H2,1-2H3. The van der Waals surface area contributed by atoms with Crippen LogP contribution in [0, 0.1) is 6.92 Å². The molecule has 3 rings (SSSR count). The molecular formula is C17H26N2S. The van der Waals surface area contributed by atoms with Gasteiger partial charge in [0.05, 0.1) is 0 Å². The van der Waals surface area contributed by atoms with Gasteiger partial charge in [-0.25, -0.2) is 0 Å². The van der Waals surface area contributed by atoms with E-state index in [1.807, 2.05) is 11.8 Å². The summed E-state index contributed by atoms with van der Waals surface area (Å²) >= 11 is 1.98. The second-order valence-corrected chi connectivity index (χ2v) is 7.57. The Balaban J connectivity index is 1.43. The molecule has 2 atom stereocenters. The van der Waals surface area contributed by atoms with E-state index in [0.29, 0.717) is 0 Å². The molecular weight excluding hydrogens is 264 g/mol. The van der Waals surface area contributed by atoms with Crippen LogP contribution in [0.3, 0.4) is 0 Å². The summed E-state index contributed by atoms with van der Waals surface area (Å²) in [5.41, 5.74) is 1.34. The van der Waals surface area contributed by atoms with E-state index in [1.165, 1.54) is 48.4 Å². The minimum atomic E-state index is 0.797. The lowest BCUT2D eigenvalue weighted by molar-refractivity contribution is 0.181. The first-order valence-electron chi connectivity index (χ1n) is 7.86. The van der Waals surface area contributed by atoms with Crippen molar-refractivity contribution in [1.82, 2.24) is 10.2 Å². The van der Waals surface area contributed by atoms with E-state index in [4.69, 9.17) is 0 Å². The molecule has 2 heterocycles. The number of thioether (sulfide) groups is 1. The minimum absolute atomic E-state index is 0.797. The van der Waals surface area contributed by atoms with Crippen LogP contribution in [0.2, 0.25) is 0 Å². The minimum Gasteiger partial charge on any atom is -0.311 e. The van der Waals surface area contributed by atoms with Gasteiger partial charge in [0.2, 0.25) is 0 Å². The molecule has 0 aromatic heterocycles. The normalized spacial score (nSPS) is 29.1. The summed E-state index contributed by atoms with van der Waals surface area (Å²) < 4.78 is 0. The molecule has 110 valence electrons. The van der Waals surface area contributed by atoms with Crippen LogP contribution in [-0.4, -0.2) is 42.4 Å². The van der Waals surface area contributed by atoms with Crippen molar-refractivity contribution < 1.29 is 0 Å². The molecule has 1 aromatic rings. The van der Waals surface area contributed by atoms with Crippen LogP contribution in [-0.2, 0) is 0 Å². The predicted molar refractivity (Wildman–Crippen MR) is 87.5 cm³/mol. The number of rotatable bonds is 5. The first-order valence-corrected chi connectivity index (χ1v) is 8.85. The van der Waals surface area contributed by atoms with Gasteiger partial charge in [0.25, 0.3) is 0 Å². The van der Waals surface area contributed by atoms with Crippen molar-refractivity contribution in [3.63, 3.8) is 0 Å². The molecule has 2 bridgehead atoms. The Morgan fingerprint density at radius 2 is 1.80 bits per heavy atom. The zero-order valence-electron chi connectivity index (χ0n) is 12.6. The van der Waals surface area contributed by atoms with Crippen LogP contribution in [0.5, 0.6) is 0 Å². The van der Waals surface area contributed by atoms with Crippen LogP contribution in [0.25, 0.3) is 0 Å². The van der Waals surface area contributed by atoms with E-state index in [-0.39, 0.29) is 0 Å². The van der Waals surface area contributed by atoms with Crippen molar-refractivity contribution in [3.05, 3.63) is 29.8 Å². The molecule has 0 radical (unpaired) electrons. The average molecular weight is 290 g/mol. The average Bonchev–Trinajstić information content (AvgIpc) is 2.79. The van der Waals surface area contributed by atoms with E-state index >= 15 is 0 Å². The van der Waals surface area contributed by atoms with Crippen molar-refractivity contribution >= 4 is 11.8 Å². The van der Waals surface area contributed by atoms with Gasteiger partial charge in [-0.05, 0) is 51.8 Å². The number of piperidine rings is 1. The lowest BCUT2D eigenvalue weighted by atomic mass is 9.99. The van der Waals surface area contributed by atoms with E-state index in [9.17, 15) is 0 Å². The number of nitrogens with one attached hydrogen (secondary N) is 1. The van der Waals surface area contributed by atoms with Crippen LogP contribution >= 0.6 is 11.8 Å². The third-order valence-corrected chi connectivity index (χ3v) is 5.80. The molecule has 2 unspecified atom stereocenters. The molecule has 2 aliphatic heterocycles. The van der Waals surface area contributed by atoms with Gasteiger partial charge in [0, 0.05) is 35.3 Å². The highest BCUT2D eigenvalue weighted by Gasteiger charge is 2.34. The molecule has 0 spiro atoms. The van der Waals surface area contributed by atoms with Crippen LogP contribution in [0.1, 0.15) is 31.2 Å². The molecule has 3 heteroatoms. The monoisotopic (exact) mass is 290 g/mol. The second kappa shape index (κ2) is 6.50. The summed E-state index contributed by atoms with van der Waals surface area (Å²) in [4.78, 5) is 3.99. The maximum absolute atomic E-state index is 3.73. The van der Waals surface area contributed by atoms with Gasteiger partial charge in [0.1, 0.15) is 0 Å². The summed E-state index contributed by atoms with van der Waals surface area (Å²) in [7, 11) is 2.31. The molecule has 2 fully saturated rings. The Bertz CT molecular complexity index is 419. The summed E-state index contributed by atoms with van der Waals surface area (Å²) in [5, 5.41) is 3.73. The Morgan fingerprint density at radius 3 is 2.45 bits per heavy atom. The third kappa shape index (κ3) is 3.57. The van der Waals surface area contributed by atoms with E-state index in [2.05, 4.69) is 48.5 Å². The first kappa shape index (κ1) is 14.4. The molecule has 1 N–H and O–H groups in total. The van der Waals surface area contributed by atoms with Crippen molar-refractivity contribution in [2.24, 2.45) is 0 Å². The first-order chi connectivity index (χ1) is 9.70. The molecule has 2 aliphatic rings. The number of hydrogen-bond donors (Lipinski definition) is 1. The highest BCUT2D eigenvalue weighted by molar-refractivity contribution is 7.99. The fourth-order valence-corrected chi connectivity index (χ4v) is 4.46. The zero-order valence-corrected chi connectivity index (χ0v) is 13.5. The zero-order chi connectivity index (χ0) is 13.9. The summed E-state index contributed by atoms with van der Waals surface area (Å²) in [6.45, 7) is 3.34. The van der Waals surface area contributed by atoms with Gasteiger partial charge in [-0.2, -0.15) is 0 Å². The maximum Gasteiger partial charge on any atom is 0.0122 e. The Kier molecular flexibility index (Phi) is 4.69. The number of benzene rings is 1. The third-order valence-electron chi connectivity index (χ3n) is 4.81. The van der Waals surface area contributed by atoms with Gasteiger partial charge < -0.3 is 10.2 Å². The van der Waals surface area contributed by atoms with Crippen LogP contribution < -0.4 is 5.32 Å². The number of fused-ring (bicyclic) bond motifs is 2. The molecule has 2 saturated heterocycles. The van der Waals surface area contributed by atoms with Gasteiger partial charge in [-0.3, -0.25) is 0 Å². The quantitative estimate of drug-likeness (QED) is 0.838. The number of aryl methyl sites for hydroxylation is 1. The van der Waals surface area contributed by atoms with Crippen LogP contribution in [0.4, 0.5) is 0 Å². The molecule has 0 aliphatic carbocycles. The Morgan fingerprint density at radius 1 is 1.15 bits per heavy atom. The summed E-state index contributed by atoms with van der Waals surface area (Å²) in [5.74, 6) is 1.19. The smallest absolute Gasteiger partial charge is 0.0122 e. The number of nitrogens with zero attached hydrogens (tertiary/aromatic N) is 1. The lowest BCUT2D eigenvalue weighted by Gasteiger charge is -2.35. The van der Waals surface area contributed by atoms with Crippen molar-refractivity contribution in [2.45, 2.75) is 55.6 Å². The number of hydrogen-bond acceptors (Lipinski definition) is 3. The molecule has 0 saturated carbocycles. The van der Waals surface area contributed by atoms with Gasteiger partial charge >= 0.3 is 0 Å².